The van der Waals surface area contributed by atoms with Gasteiger partial charge in [-0.15, -0.1) is 40.5 Å². The number of methoxy groups -OCH3 is 4. The van der Waals surface area contributed by atoms with Gasteiger partial charge in [0.1, 0.15) is 34.8 Å². The number of carbonyl (C=O) groups is 5. The van der Waals surface area contributed by atoms with Crippen LogP contribution in [0.1, 0.15) is 187 Å². The fourth-order valence-electron chi connectivity index (χ4n) is 10.00. The predicted octanol–water partition coefficient (Wildman–Crippen LogP) is 8.21. The number of benzene rings is 3. The zero-order chi connectivity index (χ0) is 78.7. The third kappa shape index (κ3) is 64.4. The first kappa shape index (κ1) is 120. The number of nitrogens with two attached hydrogens (primary N) is 1. The molecular formula is C80H133KN6O19Y4-4. The number of carbonyl (C=O) groups excluding carboxylic acids is 5. The first-order valence-electron chi connectivity index (χ1n) is 35.5. The van der Waals surface area contributed by atoms with Gasteiger partial charge in [-0.3, -0.25) is 33.9 Å². The molecule has 25 nitrogen and oxygen atoms in total. The maximum absolute atomic E-state index is 13.5. The fraction of sp³-hybridized carbons (Fsp3) is 0.675. The monoisotopic (exact) mass is 1880 g/mol. The van der Waals surface area contributed by atoms with Crippen LogP contribution in [0.25, 0.3) is 0 Å². The summed E-state index contributed by atoms with van der Waals surface area (Å²) in [6, 6.07) is 25.1. The van der Waals surface area contributed by atoms with E-state index in [4.69, 9.17) is 67.3 Å². The van der Waals surface area contributed by atoms with Crippen molar-refractivity contribution >= 4 is 30.0 Å². The second-order valence-electron chi connectivity index (χ2n) is 31.0. The number of allylic oxidation sites excluding steroid dienone is 1. The van der Waals surface area contributed by atoms with E-state index >= 15 is 0 Å². The van der Waals surface area contributed by atoms with E-state index in [0.29, 0.717) is 95.5 Å². The molecule has 0 fully saturated rings. The van der Waals surface area contributed by atoms with Crippen molar-refractivity contribution in [3.05, 3.63) is 108 Å². The van der Waals surface area contributed by atoms with E-state index in [0.717, 1.165) is 41.5 Å². The Morgan fingerprint density at radius 3 is 1.15 bits per heavy atom. The first-order valence-corrected chi connectivity index (χ1v) is 35.5. The second kappa shape index (κ2) is 64.4. The summed E-state index contributed by atoms with van der Waals surface area (Å²) in [5, 5.41) is 12.9. The van der Waals surface area contributed by atoms with Crippen molar-refractivity contribution in [3.63, 3.8) is 0 Å². The van der Waals surface area contributed by atoms with Crippen LogP contribution in [0.3, 0.4) is 0 Å². The molecule has 614 valence electrons. The summed E-state index contributed by atoms with van der Waals surface area (Å²) in [6.45, 7) is 40.1. The van der Waals surface area contributed by atoms with E-state index in [9.17, 15) is 29.1 Å². The van der Waals surface area contributed by atoms with Gasteiger partial charge in [0.05, 0.1) is 26.2 Å². The maximum atomic E-state index is 13.5. The van der Waals surface area contributed by atoms with Gasteiger partial charge in [0.2, 0.25) is 0 Å². The number of hydrogen-bond acceptors (Lipinski definition) is 24. The molecule has 0 aromatic heterocycles. The van der Waals surface area contributed by atoms with Crippen LogP contribution in [-0.2, 0) is 217 Å². The summed E-state index contributed by atoms with van der Waals surface area (Å²) in [4.78, 5) is 73.8. The molecule has 3 N–H and O–H groups in total. The van der Waals surface area contributed by atoms with Gasteiger partial charge in [0.25, 0.3) is 0 Å². The summed E-state index contributed by atoms with van der Waals surface area (Å²) in [6.07, 6.45) is 5.56. The predicted molar refractivity (Wildman–Crippen MR) is 406 cm³/mol. The van der Waals surface area contributed by atoms with Gasteiger partial charge in [0, 0.05) is 215 Å². The molecule has 0 spiro atoms. The number of rotatable bonds is 44. The molecule has 0 saturated carbocycles. The summed E-state index contributed by atoms with van der Waals surface area (Å²) in [5.74, 6) is 0.327. The Hall–Kier alpha value is -0.568. The van der Waals surface area contributed by atoms with E-state index in [2.05, 4.69) is 35.3 Å². The summed E-state index contributed by atoms with van der Waals surface area (Å²) in [7, 11) is 6.22. The molecule has 3 aromatic carbocycles. The van der Waals surface area contributed by atoms with Crippen LogP contribution < -0.4 is 81.8 Å². The first-order chi connectivity index (χ1) is 48.5. The molecule has 0 saturated heterocycles. The molecule has 2 unspecified atom stereocenters. The normalized spacial score (nSPS) is 12.2. The standard InChI is InChI=1S/C41H63N3O10.C34H57N3O8.C4H9O.CH4.K.4Y/c1-39(2,3)52-36(45)27-43(24-31-18-12-14-21-34(31)50-29-48-10)26-33(20-16-17-23-42-38(47)54-41(7,8)9)44(28-37(46)53-40(4,5)6)25-32-19-13-15-22-35(32)51-30-49-11;1-10-27(24-42-25-40-8)19-37(23-32(39)45-34(5,6)7)29(16-13-14-18-35)21-36(22-31(38)44-33(2,3)4)20-28-15-11-12-17-30(28)43-26-41-9;1-4(2,3)5;;;;;;/h14-15,18-19,21-22,33H,16-17,20,23-30H2,1-11H3,(H,42,47);10,12,15,17,29H,1,13-14,16,18-26,35H2,2-9H3;1-3H3;1H4;;;;;/q2*-2;-1;;+1;;;;/b;27-10-;;;;;;;. The molecule has 30 heteroatoms. The van der Waals surface area contributed by atoms with Gasteiger partial charge in [0.15, 0.2) is 20.4 Å². The zero-order valence-electron chi connectivity index (χ0n) is 70.3. The van der Waals surface area contributed by atoms with E-state index in [1.807, 2.05) is 143 Å². The topological polar surface area (TPSA) is 279 Å². The number of amides is 1. The second-order valence-corrected chi connectivity index (χ2v) is 31.0. The Kier molecular flexibility index (Phi) is 70.4. The smallest absolute Gasteiger partial charge is 0.850 e. The quantitative estimate of drug-likeness (QED) is 0.0135. The van der Waals surface area contributed by atoms with Crippen LogP contribution in [0.4, 0.5) is 4.79 Å². The van der Waals surface area contributed by atoms with Gasteiger partial charge in [-0.05, 0) is 162 Å². The van der Waals surface area contributed by atoms with Crippen LogP contribution >= 0.6 is 0 Å². The molecule has 1 amide bonds. The van der Waals surface area contributed by atoms with Crippen LogP contribution in [0.15, 0.2) is 66.2 Å². The number of hydrogen-bond donors (Lipinski definition) is 2. The van der Waals surface area contributed by atoms with Crippen LogP contribution in [0, 0.1) is 25.1 Å². The van der Waals surface area contributed by atoms with Gasteiger partial charge in [-0.1, -0.05) is 41.0 Å². The Morgan fingerprint density at radius 1 is 0.491 bits per heavy atom. The molecule has 0 aliphatic rings. The van der Waals surface area contributed by atoms with Gasteiger partial charge in [-0.25, -0.2) is 17.8 Å². The third-order valence-corrected chi connectivity index (χ3v) is 13.7. The third-order valence-electron chi connectivity index (χ3n) is 13.7. The summed E-state index contributed by atoms with van der Waals surface area (Å²) >= 11 is 0. The number of esters is 4. The molecule has 0 heterocycles. The molecule has 110 heavy (non-hydrogen) atoms. The van der Waals surface area contributed by atoms with Crippen molar-refractivity contribution in [2.45, 2.75) is 236 Å². The van der Waals surface area contributed by atoms with E-state index in [1.165, 1.54) is 0 Å². The van der Waals surface area contributed by atoms with Gasteiger partial charge in [-0.2, -0.15) is 60.2 Å². The largest absolute Gasteiger partial charge is 1.00 e. The average molecular weight is 1880 g/mol. The summed E-state index contributed by atoms with van der Waals surface area (Å²) < 4.78 is 72.1. The van der Waals surface area contributed by atoms with Crippen LogP contribution in [0.5, 0.6) is 17.2 Å². The number of nitrogens with one attached hydrogen (secondary N) is 1. The Bertz CT molecular complexity index is 2950. The minimum Gasteiger partial charge on any atom is -0.850 e. The average Bonchev–Trinajstić information content (AvgIpc) is 0.858. The maximum Gasteiger partial charge on any atom is 1.00 e. The molecule has 2 atom stereocenters. The van der Waals surface area contributed by atoms with Crippen molar-refractivity contribution in [1.82, 2.24) is 24.9 Å². The van der Waals surface area contributed by atoms with Crippen molar-refractivity contribution in [1.29, 1.82) is 0 Å². The van der Waals surface area contributed by atoms with Crippen molar-refractivity contribution < 1.29 is 273 Å². The van der Waals surface area contributed by atoms with Gasteiger partial charge >= 0.3 is 81.4 Å². The Balaban J connectivity index is -0.000000445. The number of nitrogens with zero attached hydrogens (tertiary/aromatic N) is 4. The number of alkyl carbamates (subject to hydrolysis) is 1. The fourth-order valence-corrected chi connectivity index (χ4v) is 10.00. The zero-order valence-corrected chi connectivity index (χ0v) is 84.8. The Morgan fingerprint density at radius 2 is 0.818 bits per heavy atom. The minimum atomic E-state index is -0.750. The molecule has 4 radical (unpaired) electrons. The van der Waals surface area contributed by atoms with E-state index < -0.39 is 51.6 Å². The number of ether oxygens (including phenoxy) is 13. The van der Waals surface area contributed by atoms with Gasteiger partial charge < -0.3 is 82.6 Å². The SMILES string of the molecule is C.CC(C)(C)[O-].COCOc1cc[c-]cc1CN(CC(=O)OC(C)(C)C)CC(CCCCNC(=O)OC(C)(C)C)N(CC(=O)OC(C)(C)C)Cc1c[c-]ccc1OCOC.[CH2-]/C=C(\COCOC)CN(CC(=O)OC(C)(C)C)C(CCCCN)CN(CC(=O)OC(C)(C)C)Cc1c[c-]ccc1OCOC.[K+].[Y].[Y].[Y].[Y]. The van der Waals surface area contributed by atoms with Crippen LogP contribution in [0.2, 0.25) is 0 Å². The molecule has 0 bridgehead atoms. The molecule has 0 aliphatic heterocycles. The van der Waals surface area contributed by atoms with Crippen molar-refractivity contribution in [3.8, 4) is 17.2 Å². The summed E-state index contributed by atoms with van der Waals surface area (Å²) in [5.41, 5.74) is 5.13. The Labute approximate surface area is 805 Å². The van der Waals surface area contributed by atoms with E-state index in [-0.39, 0.29) is 267 Å². The molecule has 3 rings (SSSR count). The molecule has 0 aliphatic carbocycles. The van der Waals surface area contributed by atoms with E-state index in [1.54, 1.807) is 85.6 Å². The minimum absolute atomic E-state index is 0. The van der Waals surface area contributed by atoms with Crippen LogP contribution in [-0.4, -0.2) is 216 Å². The number of unbranched alkanes of at least 4 members (excludes halogenated alkanes) is 2. The molecule has 3 aromatic rings. The molecular weight excluding hydrogens is 1740 g/mol. The van der Waals surface area contributed by atoms with Crippen molar-refractivity contribution in [2.75, 3.05) is 121 Å². The van der Waals surface area contributed by atoms with Crippen molar-refractivity contribution in [2.24, 2.45) is 5.73 Å².